The minimum atomic E-state index is -0.386. The first kappa shape index (κ1) is 12.6. The fourth-order valence-corrected chi connectivity index (χ4v) is 2.06. The van der Waals surface area contributed by atoms with Crippen molar-refractivity contribution >= 4 is 11.6 Å². The molecule has 0 saturated heterocycles. The summed E-state index contributed by atoms with van der Waals surface area (Å²) in [7, 11) is 0. The topological polar surface area (TPSA) is 51.0 Å². The number of hydrogen-bond donors (Lipinski definition) is 1. The average Bonchev–Trinajstić information content (AvgIpc) is 3.07. The Morgan fingerprint density at radius 1 is 1.42 bits per heavy atom. The van der Waals surface area contributed by atoms with Crippen molar-refractivity contribution in [3.8, 4) is 11.4 Å². The quantitative estimate of drug-likeness (QED) is 0.915. The number of rotatable bonds is 5. The molecule has 100 valence electrons. The molecule has 1 saturated carbocycles. The van der Waals surface area contributed by atoms with Crippen LogP contribution in [0.4, 0.5) is 4.39 Å². The lowest BCUT2D eigenvalue weighted by Gasteiger charge is -1.98. The van der Waals surface area contributed by atoms with Crippen molar-refractivity contribution in [3.63, 3.8) is 0 Å². The summed E-state index contributed by atoms with van der Waals surface area (Å²) in [5.74, 6) is 1.31. The Morgan fingerprint density at radius 2 is 2.26 bits per heavy atom. The van der Waals surface area contributed by atoms with Crippen molar-refractivity contribution in [1.29, 1.82) is 0 Å². The molecule has 0 spiro atoms. The normalized spacial score (nSPS) is 14.8. The van der Waals surface area contributed by atoms with Crippen molar-refractivity contribution in [2.24, 2.45) is 5.92 Å². The number of nitrogens with one attached hydrogen (secondary N) is 1. The van der Waals surface area contributed by atoms with Crippen LogP contribution in [0.5, 0.6) is 0 Å². The lowest BCUT2D eigenvalue weighted by molar-refractivity contribution is 0.367. The fraction of sp³-hybridized carbons (Fsp3) is 0.385. The molecule has 0 aliphatic heterocycles. The van der Waals surface area contributed by atoms with Gasteiger partial charge >= 0.3 is 0 Å². The van der Waals surface area contributed by atoms with E-state index in [4.69, 9.17) is 16.1 Å². The SMILES string of the molecule is Fc1ccc(-c2noc(CNCC3CC3)n2)c(Cl)c1. The highest BCUT2D eigenvalue weighted by molar-refractivity contribution is 6.33. The second-order valence-electron chi connectivity index (χ2n) is 4.71. The van der Waals surface area contributed by atoms with Gasteiger partial charge in [0.05, 0.1) is 11.6 Å². The Morgan fingerprint density at radius 3 is 3.00 bits per heavy atom. The third-order valence-corrected chi connectivity index (χ3v) is 3.36. The molecule has 0 radical (unpaired) electrons. The van der Waals surface area contributed by atoms with Gasteiger partial charge in [-0.05, 0) is 43.5 Å². The summed E-state index contributed by atoms with van der Waals surface area (Å²) < 4.78 is 18.1. The molecular formula is C13H13ClFN3O. The van der Waals surface area contributed by atoms with E-state index in [0.29, 0.717) is 23.8 Å². The maximum atomic E-state index is 13.0. The fourth-order valence-electron chi connectivity index (χ4n) is 1.81. The van der Waals surface area contributed by atoms with Gasteiger partial charge in [-0.1, -0.05) is 16.8 Å². The smallest absolute Gasteiger partial charge is 0.240 e. The third-order valence-electron chi connectivity index (χ3n) is 3.05. The molecule has 1 aliphatic carbocycles. The standard InChI is InChI=1S/C13H13ClFN3O/c14-11-5-9(15)3-4-10(11)13-17-12(19-18-13)7-16-6-8-1-2-8/h3-5,8,16H,1-2,6-7H2. The first-order valence-corrected chi connectivity index (χ1v) is 6.59. The summed E-state index contributed by atoms with van der Waals surface area (Å²) in [4.78, 5) is 4.24. The lowest BCUT2D eigenvalue weighted by Crippen LogP contribution is -2.16. The van der Waals surface area contributed by atoms with E-state index in [1.54, 1.807) is 6.07 Å². The Hall–Kier alpha value is -1.46. The van der Waals surface area contributed by atoms with E-state index in [2.05, 4.69) is 15.5 Å². The number of halogens is 2. The molecule has 1 aromatic heterocycles. The predicted molar refractivity (Wildman–Crippen MR) is 69.1 cm³/mol. The minimum Gasteiger partial charge on any atom is -0.338 e. The van der Waals surface area contributed by atoms with Crippen LogP contribution in [0.15, 0.2) is 22.7 Å². The van der Waals surface area contributed by atoms with E-state index in [9.17, 15) is 4.39 Å². The third kappa shape index (κ3) is 3.11. The van der Waals surface area contributed by atoms with Crippen LogP contribution < -0.4 is 5.32 Å². The van der Waals surface area contributed by atoms with Gasteiger partial charge in [-0.25, -0.2) is 4.39 Å². The highest BCUT2D eigenvalue weighted by atomic mass is 35.5. The Labute approximate surface area is 115 Å². The van der Waals surface area contributed by atoms with Crippen molar-refractivity contribution in [2.45, 2.75) is 19.4 Å². The first-order valence-electron chi connectivity index (χ1n) is 6.21. The maximum Gasteiger partial charge on any atom is 0.240 e. The zero-order chi connectivity index (χ0) is 13.2. The van der Waals surface area contributed by atoms with E-state index in [1.807, 2.05) is 0 Å². The maximum absolute atomic E-state index is 13.0. The summed E-state index contributed by atoms with van der Waals surface area (Å²) in [6.07, 6.45) is 2.60. The molecule has 19 heavy (non-hydrogen) atoms. The van der Waals surface area contributed by atoms with Crippen LogP contribution in [0.25, 0.3) is 11.4 Å². The second kappa shape index (κ2) is 5.27. The first-order chi connectivity index (χ1) is 9.22. The average molecular weight is 282 g/mol. The molecule has 1 heterocycles. The Bertz CT molecular complexity index is 583. The summed E-state index contributed by atoms with van der Waals surface area (Å²) in [6, 6.07) is 4.10. The molecule has 6 heteroatoms. The van der Waals surface area contributed by atoms with Crippen molar-refractivity contribution in [1.82, 2.24) is 15.5 Å². The van der Waals surface area contributed by atoms with E-state index in [-0.39, 0.29) is 10.8 Å². The van der Waals surface area contributed by atoms with E-state index in [0.717, 1.165) is 12.5 Å². The number of nitrogens with zero attached hydrogens (tertiary/aromatic N) is 2. The molecule has 3 rings (SSSR count). The van der Waals surface area contributed by atoms with Crippen molar-refractivity contribution < 1.29 is 8.91 Å². The van der Waals surface area contributed by atoms with Crippen LogP contribution in [0.1, 0.15) is 18.7 Å². The van der Waals surface area contributed by atoms with E-state index >= 15 is 0 Å². The van der Waals surface area contributed by atoms with Gasteiger partial charge in [0.25, 0.3) is 0 Å². The van der Waals surface area contributed by atoms with Gasteiger partial charge in [-0.2, -0.15) is 4.98 Å². The summed E-state index contributed by atoms with van der Waals surface area (Å²) in [5, 5.41) is 7.40. The van der Waals surface area contributed by atoms with Gasteiger partial charge < -0.3 is 9.84 Å². The second-order valence-corrected chi connectivity index (χ2v) is 5.12. The summed E-state index contributed by atoms with van der Waals surface area (Å²) in [6.45, 7) is 1.53. The number of benzene rings is 1. The molecule has 1 aromatic carbocycles. The monoisotopic (exact) mass is 281 g/mol. The van der Waals surface area contributed by atoms with Gasteiger partial charge in [-0.3, -0.25) is 0 Å². The van der Waals surface area contributed by atoms with Crippen LogP contribution >= 0.6 is 11.6 Å². The Balaban J connectivity index is 1.68. The minimum absolute atomic E-state index is 0.276. The van der Waals surface area contributed by atoms with Crippen LogP contribution in [0, 0.1) is 11.7 Å². The van der Waals surface area contributed by atoms with Gasteiger partial charge in [0.2, 0.25) is 11.7 Å². The van der Waals surface area contributed by atoms with Crippen LogP contribution in [0.2, 0.25) is 5.02 Å². The molecule has 0 bridgehead atoms. The molecule has 0 atom stereocenters. The predicted octanol–water partition coefficient (Wildman–Crippen LogP) is 3.03. The summed E-state index contributed by atoms with van der Waals surface area (Å²) in [5.41, 5.74) is 0.570. The summed E-state index contributed by atoms with van der Waals surface area (Å²) >= 11 is 5.95. The van der Waals surface area contributed by atoms with Gasteiger partial charge in [0.15, 0.2) is 0 Å². The van der Waals surface area contributed by atoms with Crippen LogP contribution in [-0.4, -0.2) is 16.7 Å². The molecule has 1 fully saturated rings. The van der Waals surface area contributed by atoms with Crippen LogP contribution in [0.3, 0.4) is 0 Å². The van der Waals surface area contributed by atoms with Gasteiger partial charge in [-0.15, -0.1) is 0 Å². The number of hydrogen-bond acceptors (Lipinski definition) is 4. The highest BCUT2D eigenvalue weighted by Crippen LogP contribution is 2.28. The Kier molecular flexibility index (Phi) is 3.48. The molecule has 1 aliphatic rings. The van der Waals surface area contributed by atoms with Crippen LogP contribution in [-0.2, 0) is 6.54 Å². The largest absolute Gasteiger partial charge is 0.338 e. The molecule has 4 nitrogen and oxygen atoms in total. The van der Waals surface area contributed by atoms with E-state index < -0.39 is 0 Å². The molecule has 0 unspecified atom stereocenters. The highest BCUT2D eigenvalue weighted by Gasteiger charge is 2.20. The van der Waals surface area contributed by atoms with Crippen molar-refractivity contribution in [3.05, 3.63) is 34.9 Å². The van der Waals surface area contributed by atoms with Gasteiger partial charge in [0, 0.05) is 5.56 Å². The molecule has 1 N–H and O–H groups in total. The molecule has 2 aromatic rings. The molecular weight excluding hydrogens is 269 g/mol. The van der Waals surface area contributed by atoms with Crippen molar-refractivity contribution in [2.75, 3.05) is 6.54 Å². The zero-order valence-electron chi connectivity index (χ0n) is 10.2. The van der Waals surface area contributed by atoms with E-state index in [1.165, 1.54) is 25.0 Å². The zero-order valence-corrected chi connectivity index (χ0v) is 11.0. The molecule has 0 amide bonds. The lowest BCUT2D eigenvalue weighted by atomic mass is 10.2. The van der Waals surface area contributed by atoms with Gasteiger partial charge in [0.1, 0.15) is 5.82 Å². The number of aromatic nitrogens is 2.